The van der Waals surface area contributed by atoms with Gasteiger partial charge in [0.2, 0.25) is 15.9 Å². The zero-order chi connectivity index (χ0) is 16.9. The van der Waals surface area contributed by atoms with Gasteiger partial charge in [0.25, 0.3) is 0 Å². The number of rotatable bonds is 6. The van der Waals surface area contributed by atoms with Crippen molar-refractivity contribution in [3.63, 3.8) is 0 Å². The lowest BCUT2D eigenvalue weighted by Crippen LogP contribution is -2.37. The van der Waals surface area contributed by atoms with E-state index in [2.05, 4.69) is 15.4 Å². The molecular weight excluding hydrogens is 354 g/mol. The number of hydrogen-bond donors (Lipinski definition) is 3. The number of amides is 1. The van der Waals surface area contributed by atoms with E-state index in [-0.39, 0.29) is 30.0 Å². The van der Waals surface area contributed by atoms with Crippen LogP contribution in [0.2, 0.25) is 0 Å². The van der Waals surface area contributed by atoms with E-state index in [1.807, 2.05) is 0 Å². The van der Waals surface area contributed by atoms with E-state index in [9.17, 15) is 13.2 Å². The highest BCUT2D eigenvalue weighted by Crippen LogP contribution is 2.29. The van der Waals surface area contributed by atoms with Gasteiger partial charge in [-0.15, -0.1) is 12.4 Å². The van der Waals surface area contributed by atoms with Gasteiger partial charge in [-0.25, -0.2) is 8.42 Å². The fraction of sp³-hybridized carbons (Fsp3) is 0.533. The van der Waals surface area contributed by atoms with Crippen LogP contribution in [0.3, 0.4) is 0 Å². The molecule has 1 heterocycles. The number of nitrogens with one attached hydrogen (secondary N) is 3. The molecule has 0 aromatic heterocycles. The molecule has 0 radical (unpaired) electrons. The summed E-state index contributed by atoms with van der Waals surface area (Å²) in [7, 11) is -1.93. The number of carbonyl (C=O) groups is 1. The van der Waals surface area contributed by atoms with Crippen molar-refractivity contribution in [2.45, 2.75) is 19.8 Å². The smallest absolute Gasteiger partial charge is 0.232 e. The number of ether oxygens (including phenoxy) is 1. The van der Waals surface area contributed by atoms with Crippen molar-refractivity contribution in [1.29, 1.82) is 0 Å². The van der Waals surface area contributed by atoms with E-state index in [0.29, 0.717) is 23.7 Å². The number of hydrogen-bond acceptors (Lipinski definition) is 5. The van der Waals surface area contributed by atoms with Gasteiger partial charge in [0.1, 0.15) is 5.75 Å². The first kappa shape index (κ1) is 20.5. The minimum atomic E-state index is -3.38. The summed E-state index contributed by atoms with van der Waals surface area (Å²) < 4.78 is 31.0. The van der Waals surface area contributed by atoms with Gasteiger partial charge in [0.05, 0.1) is 24.5 Å². The van der Waals surface area contributed by atoms with Gasteiger partial charge in [0, 0.05) is 18.3 Å². The van der Waals surface area contributed by atoms with Crippen molar-refractivity contribution in [1.82, 2.24) is 5.32 Å². The zero-order valence-electron chi connectivity index (χ0n) is 13.8. The van der Waals surface area contributed by atoms with E-state index < -0.39 is 10.0 Å². The molecule has 1 aliphatic heterocycles. The Bertz CT molecular complexity index is 661. The minimum Gasteiger partial charge on any atom is -0.494 e. The molecule has 1 aromatic rings. The van der Waals surface area contributed by atoms with Crippen LogP contribution in [-0.2, 0) is 14.8 Å². The fourth-order valence-electron chi connectivity index (χ4n) is 2.41. The van der Waals surface area contributed by atoms with Crippen LogP contribution in [0.15, 0.2) is 18.2 Å². The molecule has 3 N–H and O–H groups in total. The van der Waals surface area contributed by atoms with E-state index in [4.69, 9.17) is 4.74 Å². The Kier molecular flexibility index (Phi) is 7.78. The third kappa shape index (κ3) is 5.54. The first-order chi connectivity index (χ1) is 10.9. The first-order valence-corrected chi connectivity index (χ1v) is 9.30. The Morgan fingerprint density at radius 3 is 2.75 bits per heavy atom. The molecule has 1 saturated heterocycles. The highest BCUT2D eigenvalue weighted by molar-refractivity contribution is 7.92. The lowest BCUT2D eigenvalue weighted by atomic mass is 9.99. The van der Waals surface area contributed by atoms with E-state index in [1.54, 1.807) is 25.1 Å². The summed E-state index contributed by atoms with van der Waals surface area (Å²) >= 11 is 0. The molecule has 2 rings (SSSR count). The van der Waals surface area contributed by atoms with Crippen LogP contribution in [0.25, 0.3) is 0 Å². The highest BCUT2D eigenvalue weighted by Gasteiger charge is 2.21. The monoisotopic (exact) mass is 377 g/mol. The first-order valence-electron chi connectivity index (χ1n) is 7.65. The van der Waals surface area contributed by atoms with E-state index in [0.717, 1.165) is 19.4 Å². The molecule has 136 valence electrons. The maximum Gasteiger partial charge on any atom is 0.232 e. The molecular formula is C15H24ClN3O4S. The van der Waals surface area contributed by atoms with Gasteiger partial charge >= 0.3 is 0 Å². The molecule has 1 amide bonds. The number of benzene rings is 1. The Morgan fingerprint density at radius 2 is 2.17 bits per heavy atom. The lowest BCUT2D eigenvalue weighted by molar-refractivity contribution is -0.120. The Balaban J connectivity index is 0.00000288. The van der Waals surface area contributed by atoms with Crippen LogP contribution in [0.1, 0.15) is 19.8 Å². The van der Waals surface area contributed by atoms with Gasteiger partial charge in [-0.3, -0.25) is 9.52 Å². The fourth-order valence-corrected chi connectivity index (χ4v) is 3.06. The molecule has 0 bridgehead atoms. The molecule has 9 heteroatoms. The van der Waals surface area contributed by atoms with E-state index in [1.165, 1.54) is 7.11 Å². The van der Waals surface area contributed by atoms with Gasteiger partial charge in [-0.2, -0.15) is 0 Å². The third-order valence-electron chi connectivity index (χ3n) is 3.78. The van der Waals surface area contributed by atoms with Crippen molar-refractivity contribution in [2.75, 3.05) is 36.0 Å². The van der Waals surface area contributed by atoms with Crippen LogP contribution < -0.4 is 20.1 Å². The number of anilines is 2. The summed E-state index contributed by atoms with van der Waals surface area (Å²) in [6.07, 6.45) is 1.85. The topological polar surface area (TPSA) is 96.5 Å². The SMILES string of the molecule is CCS(=O)(=O)Nc1ccc(NC(=O)C2CCCNC2)cc1OC.Cl. The van der Waals surface area contributed by atoms with Crippen molar-refractivity contribution in [3.8, 4) is 5.75 Å². The largest absolute Gasteiger partial charge is 0.494 e. The summed E-state index contributed by atoms with van der Waals surface area (Å²) in [5, 5.41) is 6.06. The summed E-state index contributed by atoms with van der Waals surface area (Å²) in [4.78, 5) is 12.2. The third-order valence-corrected chi connectivity index (χ3v) is 5.07. The second-order valence-electron chi connectivity index (χ2n) is 5.45. The summed E-state index contributed by atoms with van der Waals surface area (Å²) in [5.74, 6) is 0.249. The second-order valence-corrected chi connectivity index (χ2v) is 7.46. The van der Waals surface area contributed by atoms with Crippen LogP contribution in [0.4, 0.5) is 11.4 Å². The quantitative estimate of drug-likeness (QED) is 0.702. The maximum absolute atomic E-state index is 12.2. The minimum absolute atomic E-state index is 0. The van der Waals surface area contributed by atoms with Crippen molar-refractivity contribution in [3.05, 3.63) is 18.2 Å². The van der Waals surface area contributed by atoms with Crippen LogP contribution in [-0.4, -0.2) is 40.3 Å². The predicted molar refractivity (Wildman–Crippen MR) is 97.5 cm³/mol. The van der Waals surface area contributed by atoms with Crippen LogP contribution in [0, 0.1) is 5.92 Å². The second kappa shape index (κ2) is 9.10. The summed E-state index contributed by atoms with van der Waals surface area (Å²) in [6, 6.07) is 4.85. The molecule has 24 heavy (non-hydrogen) atoms. The Hall–Kier alpha value is -1.51. The number of methoxy groups -OCH3 is 1. The van der Waals surface area contributed by atoms with Gasteiger partial charge in [-0.05, 0) is 38.4 Å². The number of piperidine rings is 1. The molecule has 0 spiro atoms. The van der Waals surface area contributed by atoms with Gasteiger partial charge < -0.3 is 15.4 Å². The summed E-state index contributed by atoms with van der Waals surface area (Å²) in [5.41, 5.74) is 0.934. The Morgan fingerprint density at radius 1 is 1.42 bits per heavy atom. The predicted octanol–water partition coefficient (Wildman–Crippen LogP) is 1.82. The highest BCUT2D eigenvalue weighted by atomic mass is 35.5. The van der Waals surface area contributed by atoms with Crippen LogP contribution in [0.5, 0.6) is 5.75 Å². The molecule has 1 atom stereocenters. The van der Waals surface area contributed by atoms with Crippen molar-refractivity contribution >= 4 is 39.7 Å². The Labute approximate surface area is 149 Å². The van der Waals surface area contributed by atoms with Gasteiger partial charge in [0.15, 0.2) is 0 Å². The number of halogens is 1. The van der Waals surface area contributed by atoms with Gasteiger partial charge in [-0.1, -0.05) is 0 Å². The average Bonchev–Trinajstić information content (AvgIpc) is 2.56. The number of carbonyl (C=O) groups excluding carboxylic acids is 1. The standard InChI is InChI=1S/C15H23N3O4S.ClH/c1-3-23(20,21)18-13-7-6-12(9-14(13)22-2)17-15(19)11-5-4-8-16-10-11;/h6-7,9,11,16,18H,3-5,8,10H2,1-2H3,(H,17,19);1H. The molecule has 0 aliphatic carbocycles. The van der Waals surface area contributed by atoms with E-state index >= 15 is 0 Å². The van der Waals surface area contributed by atoms with Crippen molar-refractivity contribution < 1.29 is 17.9 Å². The molecule has 1 aliphatic rings. The molecule has 1 unspecified atom stereocenters. The average molecular weight is 378 g/mol. The zero-order valence-corrected chi connectivity index (χ0v) is 15.4. The molecule has 1 aromatic carbocycles. The lowest BCUT2D eigenvalue weighted by Gasteiger charge is -2.22. The molecule has 1 fully saturated rings. The van der Waals surface area contributed by atoms with Crippen LogP contribution >= 0.6 is 12.4 Å². The normalized spacial score (nSPS) is 17.5. The number of sulfonamides is 1. The van der Waals surface area contributed by atoms with Crippen molar-refractivity contribution in [2.24, 2.45) is 5.92 Å². The summed E-state index contributed by atoms with van der Waals surface area (Å²) in [6.45, 7) is 3.18. The molecule has 7 nitrogen and oxygen atoms in total. The maximum atomic E-state index is 12.2. The molecule has 0 saturated carbocycles.